The minimum atomic E-state index is -0.641. The Hall–Kier alpha value is -2.92. The maximum Gasteiger partial charge on any atom is 0.296 e. The van der Waals surface area contributed by atoms with Crippen LogP contribution in [0.2, 0.25) is 5.02 Å². The van der Waals surface area contributed by atoms with Crippen molar-refractivity contribution >= 4 is 34.5 Å². The van der Waals surface area contributed by atoms with Gasteiger partial charge in [-0.15, -0.1) is 0 Å². The zero-order valence-electron chi connectivity index (χ0n) is 18.1. The lowest BCUT2D eigenvalue weighted by molar-refractivity contribution is 0.00706. The number of imidazole rings is 1. The largest absolute Gasteiger partial charge is 0.456 e. The number of fused-ring (bicyclic) bond motifs is 2. The summed E-state index contributed by atoms with van der Waals surface area (Å²) < 4.78 is 17.1. The third kappa shape index (κ3) is 4.34. The van der Waals surface area contributed by atoms with Crippen molar-refractivity contribution in [2.45, 2.75) is 31.0 Å². The third-order valence-electron chi connectivity index (χ3n) is 5.72. The number of aliphatic hydroxyl groups excluding tert-OH is 1. The number of ether oxygens (including phenoxy) is 3. The van der Waals surface area contributed by atoms with Crippen LogP contribution in [0.4, 0.5) is 5.82 Å². The molecule has 33 heavy (non-hydrogen) atoms. The number of aliphatic hydroxyl groups is 1. The van der Waals surface area contributed by atoms with Gasteiger partial charge in [0.2, 0.25) is 0 Å². The zero-order chi connectivity index (χ0) is 23.1. The number of hydrogen-bond donors (Lipinski definition) is 3. The van der Waals surface area contributed by atoms with Crippen molar-refractivity contribution in [2.24, 2.45) is 0 Å². The van der Waals surface area contributed by atoms with Gasteiger partial charge in [0.05, 0.1) is 23.8 Å². The molecule has 0 spiro atoms. The van der Waals surface area contributed by atoms with Crippen molar-refractivity contribution in [2.75, 3.05) is 32.6 Å². The average Bonchev–Trinajstić information content (AvgIpc) is 3.49. The Balaban J connectivity index is 1.26. The number of pyridine rings is 1. The molecule has 2 aliphatic rings. The predicted octanol–water partition coefficient (Wildman–Crippen LogP) is 1.83. The summed E-state index contributed by atoms with van der Waals surface area (Å²) in [4.78, 5) is 25.5. The maximum absolute atomic E-state index is 12.0. The van der Waals surface area contributed by atoms with E-state index in [1.54, 1.807) is 32.3 Å². The van der Waals surface area contributed by atoms with Crippen molar-refractivity contribution in [3.63, 3.8) is 0 Å². The fourth-order valence-electron chi connectivity index (χ4n) is 3.97. The summed E-state index contributed by atoms with van der Waals surface area (Å²) in [6, 6.07) is 9.37. The molecule has 174 valence electrons. The van der Waals surface area contributed by atoms with Gasteiger partial charge in [0, 0.05) is 26.2 Å². The van der Waals surface area contributed by atoms with Gasteiger partial charge in [0.15, 0.2) is 11.8 Å². The number of aromatic amines is 1. The van der Waals surface area contributed by atoms with E-state index < -0.39 is 6.10 Å². The number of amides is 1. The number of carbonyl (C=O) groups excluding carboxylic acids is 1. The Labute approximate surface area is 194 Å². The van der Waals surface area contributed by atoms with Gasteiger partial charge >= 0.3 is 0 Å². The molecule has 2 aromatic heterocycles. The van der Waals surface area contributed by atoms with Crippen LogP contribution < -0.4 is 10.1 Å². The smallest absolute Gasteiger partial charge is 0.296 e. The van der Waals surface area contributed by atoms with Gasteiger partial charge in [-0.2, -0.15) is 4.98 Å². The van der Waals surface area contributed by atoms with Crippen LogP contribution in [0.1, 0.15) is 15.9 Å². The monoisotopic (exact) mass is 473 g/mol. The summed E-state index contributed by atoms with van der Waals surface area (Å²) in [6.07, 6.45) is -1.72. The second kappa shape index (κ2) is 8.79. The molecule has 2 fully saturated rings. The summed E-state index contributed by atoms with van der Waals surface area (Å²) in [5.41, 5.74) is 2.69. The van der Waals surface area contributed by atoms with E-state index in [1.807, 2.05) is 12.1 Å². The summed E-state index contributed by atoms with van der Waals surface area (Å²) in [6.45, 7) is 1.02. The summed E-state index contributed by atoms with van der Waals surface area (Å²) in [5.74, 6) is 0.443. The standard InChI is InChI=1S/C22H24ClN5O5/c1-28(2)21(30)12-5-3-11(4-6-12)8-24-19-13(23)7-14-20(26-19)27-22(25-14)33-16-10-32-17-15(29)9-31-18(16)17/h3-7,15-18,29H,8-10H2,1-2H3,(H2,24,25,26,27)/t15-,16-,17-,18-/m1/s1. The number of halogens is 1. The van der Waals surface area contributed by atoms with Crippen LogP contribution >= 0.6 is 11.6 Å². The summed E-state index contributed by atoms with van der Waals surface area (Å²) >= 11 is 6.41. The molecule has 3 N–H and O–H groups in total. The number of hydrogen-bond acceptors (Lipinski definition) is 8. The molecule has 0 bridgehead atoms. The Morgan fingerprint density at radius 1 is 1.24 bits per heavy atom. The van der Waals surface area contributed by atoms with Crippen LogP contribution in [0.25, 0.3) is 11.2 Å². The minimum Gasteiger partial charge on any atom is -0.456 e. The Morgan fingerprint density at radius 3 is 2.76 bits per heavy atom. The van der Waals surface area contributed by atoms with Crippen LogP contribution in [0.15, 0.2) is 30.3 Å². The summed E-state index contributed by atoms with van der Waals surface area (Å²) in [7, 11) is 3.44. The van der Waals surface area contributed by atoms with Crippen LogP contribution in [-0.2, 0) is 16.0 Å². The van der Waals surface area contributed by atoms with Crippen molar-refractivity contribution in [3.8, 4) is 6.01 Å². The Kier molecular flexibility index (Phi) is 5.83. The Morgan fingerprint density at radius 2 is 2.00 bits per heavy atom. The first-order chi connectivity index (χ1) is 15.9. The molecule has 11 heteroatoms. The molecular formula is C22H24ClN5O5. The van der Waals surface area contributed by atoms with Gasteiger partial charge in [-0.25, -0.2) is 4.98 Å². The topological polar surface area (TPSA) is 122 Å². The number of rotatable bonds is 6. The van der Waals surface area contributed by atoms with E-state index in [-0.39, 0.29) is 36.8 Å². The van der Waals surface area contributed by atoms with Crippen molar-refractivity contribution < 1.29 is 24.1 Å². The lowest BCUT2D eigenvalue weighted by Crippen LogP contribution is -2.34. The zero-order valence-corrected chi connectivity index (χ0v) is 18.9. The van der Waals surface area contributed by atoms with Gasteiger partial charge in [-0.05, 0) is 23.8 Å². The van der Waals surface area contributed by atoms with Crippen LogP contribution in [0.5, 0.6) is 6.01 Å². The Bertz CT molecular complexity index is 1170. The van der Waals surface area contributed by atoms with Gasteiger partial charge in [-0.3, -0.25) is 4.79 Å². The van der Waals surface area contributed by atoms with E-state index in [0.717, 1.165) is 5.56 Å². The lowest BCUT2D eigenvalue weighted by atomic mass is 10.1. The molecule has 0 saturated carbocycles. The fourth-order valence-corrected chi connectivity index (χ4v) is 4.19. The number of benzene rings is 1. The fraction of sp³-hybridized carbons (Fsp3) is 0.409. The SMILES string of the molecule is CN(C)C(=O)c1ccc(CNc2nc3nc(O[C@@H]4CO[C@H]5[C@@H]4OC[C@H]5O)[nH]c3cc2Cl)cc1. The van der Waals surface area contributed by atoms with Gasteiger partial charge < -0.3 is 34.5 Å². The minimum absolute atomic E-state index is 0.0448. The number of H-pyrrole nitrogens is 1. The normalized spacial score (nSPS) is 24.1. The first-order valence-electron chi connectivity index (χ1n) is 10.6. The third-order valence-corrected chi connectivity index (χ3v) is 6.00. The first-order valence-corrected chi connectivity index (χ1v) is 11.0. The van der Waals surface area contributed by atoms with Gasteiger partial charge in [0.1, 0.15) is 24.1 Å². The van der Waals surface area contributed by atoms with Crippen molar-refractivity contribution in [1.82, 2.24) is 19.9 Å². The van der Waals surface area contributed by atoms with Crippen LogP contribution in [-0.4, -0.2) is 82.6 Å². The molecule has 1 aromatic carbocycles. The van der Waals surface area contributed by atoms with Gasteiger partial charge in [-0.1, -0.05) is 23.7 Å². The highest BCUT2D eigenvalue weighted by Gasteiger charge is 2.48. The molecule has 4 heterocycles. The highest BCUT2D eigenvalue weighted by Crippen LogP contribution is 2.30. The molecule has 4 atom stereocenters. The summed E-state index contributed by atoms with van der Waals surface area (Å²) in [5, 5.41) is 13.5. The van der Waals surface area contributed by atoms with Crippen LogP contribution in [0, 0.1) is 0 Å². The number of nitrogens with zero attached hydrogens (tertiary/aromatic N) is 3. The van der Waals surface area contributed by atoms with E-state index >= 15 is 0 Å². The van der Waals surface area contributed by atoms with Crippen LogP contribution in [0.3, 0.4) is 0 Å². The lowest BCUT2D eigenvalue weighted by Gasteiger charge is -2.15. The van der Waals surface area contributed by atoms with E-state index in [2.05, 4.69) is 20.3 Å². The average molecular weight is 474 g/mol. The second-order valence-corrected chi connectivity index (χ2v) is 8.71. The van der Waals surface area contributed by atoms with E-state index in [1.165, 1.54) is 4.90 Å². The van der Waals surface area contributed by atoms with Crippen molar-refractivity contribution in [3.05, 3.63) is 46.5 Å². The predicted molar refractivity (Wildman–Crippen MR) is 121 cm³/mol. The number of aromatic nitrogens is 3. The molecule has 10 nitrogen and oxygen atoms in total. The van der Waals surface area contributed by atoms with Crippen molar-refractivity contribution in [1.29, 1.82) is 0 Å². The molecule has 0 radical (unpaired) electrons. The molecule has 0 aliphatic carbocycles. The second-order valence-electron chi connectivity index (χ2n) is 8.30. The molecule has 0 unspecified atom stereocenters. The number of nitrogens with one attached hydrogen (secondary N) is 2. The molecular weight excluding hydrogens is 450 g/mol. The highest BCUT2D eigenvalue weighted by molar-refractivity contribution is 6.33. The number of carbonyl (C=O) groups is 1. The van der Waals surface area contributed by atoms with E-state index in [0.29, 0.717) is 40.7 Å². The molecule has 3 aromatic rings. The first kappa shape index (κ1) is 21.9. The van der Waals surface area contributed by atoms with E-state index in [9.17, 15) is 9.90 Å². The molecule has 1 amide bonds. The highest BCUT2D eigenvalue weighted by atomic mass is 35.5. The number of anilines is 1. The maximum atomic E-state index is 12.0. The van der Waals surface area contributed by atoms with Gasteiger partial charge in [0.25, 0.3) is 11.9 Å². The molecule has 5 rings (SSSR count). The molecule has 2 aliphatic heterocycles. The molecule has 2 saturated heterocycles. The van der Waals surface area contributed by atoms with E-state index in [4.69, 9.17) is 25.8 Å². The quantitative estimate of drug-likeness (QED) is 0.495.